The molecule has 0 aliphatic rings. The highest BCUT2D eigenvalue weighted by Crippen LogP contribution is 2.19. The highest BCUT2D eigenvalue weighted by Gasteiger charge is 2.20. The van der Waals surface area contributed by atoms with E-state index in [0.29, 0.717) is 19.5 Å². The van der Waals surface area contributed by atoms with Gasteiger partial charge in [-0.25, -0.2) is 0 Å². The Morgan fingerprint density at radius 2 is 2.25 bits per heavy atom. The molecule has 20 heavy (non-hydrogen) atoms. The smallest absolute Gasteiger partial charge is 0.240 e. The second kappa shape index (κ2) is 6.27. The first-order valence-electron chi connectivity index (χ1n) is 6.70. The van der Waals surface area contributed by atoms with Gasteiger partial charge in [-0.1, -0.05) is 24.1 Å². The molecule has 2 rings (SSSR count). The number of fused-ring (bicyclic) bond motifs is 1. The topological polar surface area (TPSA) is 62.1 Å². The number of para-hydroxylation sites is 1. The Labute approximate surface area is 119 Å². The largest absolute Gasteiger partial charge is 0.361 e. The van der Waals surface area contributed by atoms with E-state index in [1.165, 1.54) is 0 Å². The van der Waals surface area contributed by atoms with E-state index in [-0.39, 0.29) is 5.91 Å². The number of carbonyl (C=O) groups is 1. The number of hydrogen-bond donors (Lipinski definition) is 2. The quantitative estimate of drug-likeness (QED) is 0.808. The van der Waals surface area contributed by atoms with Crippen molar-refractivity contribution in [1.29, 1.82) is 0 Å². The van der Waals surface area contributed by atoms with Crippen molar-refractivity contribution >= 4 is 16.8 Å². The Balaban J connectivity index is 2.13. The first-order valence-corrected chi connectivity index (χ1v) is 6.70. The number of nitrogens with one attached hydrogen (secondary N) is 1. The van der Waals surface area contributed by atoms with Gasteiger partial charge >= 0.3 is 0 Å². The fourth-order valence-electron chi connectivity index (χ4n) is 2.31. The van der Waals surface area contributed by atoms with Crippen molar-refractivity contribution in [2.45, 2.75) is 19.4 Å². The molecule has 0 aliphatic carbocycles. The number of terminal acetylenes is 1. The van der Waals surface area contributed by atoms with Crippen LogP contribution in [0.25, 0.3) is 10.9 Å². The molecule has 1 amide bonds. The fourth-order valence-corrected chi connectivity index (χ4v) is 2.31. The first kappa shape index (κ1) is 14.2. The Morgan fingerprint density at radius 3 is 2.95 bits per heavy atom. The summed E-state index contributed by atoms with van der Waals surface area (Å²) < 4.78 is 0. The fraction of sp³-hybridized carbons (Fsp3) is 0.312. The van der Waals surface area contributed by atoms with Crippen molar-refractivity contribution in [3.8, 4) is 12.3 Å². The summed E-state index contributed by atoms with van der Waals surface area (Å²) in [6.45, 7) is 2.77. The van der Waals surface area contributed by atoms with Gasteiger partial charge in [0.25, 0.3) is 0 Å². The van der Waals surface area contributed by atoms with Gasteiger partial charge in [0.05, 0.1) is 12.6 Å². The van der Waals surface area contributed by atoms with E-state index in [1.807, 2.05) is 37.4 Å². The minimum absolute atomic E-state index is 0.101. The number of carbonyl (C=O) groups excluding carboxylic acids is 1. The lowest BCUT2D eigenvalue weighted by Crippen LogP contribution is -2.45. The number of H-pyrrole nitrogens is 1. The molecule has 0 fully saturated rings. The second-order valence-corrected chi connectivity index (χ2v) is 4.73. The maximum atomic E-state index is 12.2. The third kappa shape index (κ3) is 2.84. The second-order valence-electron chi connectivity index (χ2n) is 4.73. The van der Waals surface area contributed by atoms with Crippen molar-refractivity contribution in [3.05, 3.63) is 36.0 Å². The van der Waals surface area contributed by atoms with Crippen LogP contribution in [0.4, 0.5) is 0 Å². The van der Waals surface area contributed by atoms with E-state index in [4.69, 9.17) is 12.2 Å². The summed E-state index contributed by atoms with van der Waals surface area (Å²) >= 11 is 0. The number of amides is 1. The normalized spacial score (nSPS) is 12.1. The predicted octanol–water partition coefficient (Wildman–Crippen LogP) is 1.52. The number of nitrogens with zero attached hydrogens (tertiary/aromatic N) is 1. The molecular weight excluding hydrogens is 250 g/mol. The van der Waals surface area contributed by atoms with Gasteiger partial charge in [-0.05, 0) is 25.0 Å². The molecule has 1 aromatic heterocycles. The highest BCUT2D eigenvalue weighted by atomic mass is 16.2. The van der Waals surface area contributed by atoms with E-state index in [0.717, 1.165) is 16.5 Å². The molecule has 4 nitrogen and oxygen atoms in total. The molecule has 1 heterocycles. The first-order chi connectivity index (χ1) is 9.67. The minimum Gasteiger partial charge on any atom is -0.361 e. The summed E-state index contributed by atoms with van der Waals surface area (Å²) in [4.78, 5) is 17.0. The summed E-state index contributed by atoms with van der Waals surface area (Å²) in [7, 11) is 0. The molecule has 0 spiro atoms. The standard InChI is InChI=1S/C16H19N3O/c1-3-9-19(4-2)16(20)14(17)10-12-11-18-15-8-6-5-7-13(12)15/h1,5-8,11,14,18H,4,9-10,17H2,2H3/t14-/m1/s1. The van der Waals surface area contributed by atoms with E-state index >= 15 is 0 Å². The van der Waals surface area contributed by atoms with Crippen molar-refractivity contribution < 1.29 is 4.79 Å². The lowest BCUT2D eigenvalue weighted by atomic mass is 10.0. The Bertz CT molecular complexity index is 638. The van der Waals surface area contributed by atoms with Crippen molar-refractivity contribution in [2.24, 2.45) is 5.73 Å². The van der Waals surface area contributed by atoms with Crippen LogP contribution >= 0.6 is 0 Å². The average Bonchev–Trinajstić information content (AvgIpc) is 2.87. The van der Waals surface area contributed by atoms with Crippen molar-refractivity contribution in [2.75, 3.05) is 13.1 Å². The van der Waals surface area contributed by atoms with Gasteiger partial charge in [0.1, 0.15) is 0 Å². The molecule has 1 atom stereocenters. The molecule has 1 aromatic carbocycles. The van der Waals surface area contributed by atoms with Crippen LogP contribution in [-0.4, -0.2) is 34.9 Å². The Kier molecular flexibility index (Phi) is 4.44. The third-order valence-corrected chi connectivity index (χ3v) is 3.41. The van der Waals surface area contributed by atoms with Gasteiger partial charge in [0.2, 0.25) is 5.91 Å². The van der Waals surface area contributed by atoms with Crippen LogP contribution in [0.3, 0.4) is 0 Å². The zero-order valence-electron chi connectivity index (χ0n) is 11.6. The van der Waals surface area contributed by atoms with Crippen LogP contribution in [0.15, 0.2) is 30.5 Å². The van der Waals surface area contributed by atoms with E-state index in [1.54, 1.807) is 4.90 Å². The van der Waals surface area contributed by atoms with Crippen LogP contribution in [0.5, 0.6) is 0 Å². The number of aromatic nitrogens is 1. The molecule has 0 bridgehead atoms. The van der Waals surface area contributed by atoms with Crippen LogP contribution in [0, 0.1) is 12.3 Å². The molecule has 0 saturated heterocycles. The summed E-state index contributed by atoms with van der Waals surface area (Å²) in [5, 5.41) is 1.11. The lowest BCUT2D eigenvalue weighted by molar-refractivity contribution is -0.131. The van der Waals surface area contributed by atoms with Gasteiger partial charge in [-0.2, -0.15) is 0 Å². The Hall–Kier alpha value is -2.25. The predicted molar refractivity (Wildman–Crippen MR) is 81.1 cm³/mol. The summed E-state index contributed by atoms with van der Waals surface area (Å²) in [6.07, 6.45) is 7.68. The van der Waals surface area contributed by atoms with E-state index < -0.39 is 6.04 Å². The van der Waals surface area contributed by atoms with Crippen LogP contribution < -0.4 is 5.73 Å². The maximum absolute atomic E-state index is 12.2. The highest BCUT2D eigenvalue weighted by molar-refractivity contribution is 5.86. The summed E-state index contributed by atoms with van der Waals surface area (Å²) in [6, 6.07) is 7.41. The number of hydrogen-bond acceptors (Lipinski definition) is 2. The molecule has 0 unspecified atom stereocenters. The van der Waals surface area contributed by atoms with Gasteiger partial charge in [-0.3, -0.25) is 4.79 Å². The van der Waals surface area contributed by atoms with Gasteiger partial charge in [0.15, 0.2) is 0 Å². The summed E-state index contributed by atoms with van der Waals surface area (Å²) in [5.74, 6) is 2.39. The molecule has 0 saturated carbocycles. The molecule has 4 heteroatoms. The minimum atomic E-state index is -0.567. The third-order valence-electron chi connectivity index (χ3n) is 3.41. The zero-order valence-corrected chi connectivity index (χ0v) is 11.6. The number of likely N-dealkylation sites (N-methyl/N-ethyl adjacent to an activating group) is 1. The molecule has 104 valence electrons. The SMILES string of the molecule is C#CCN(CC)C(=O)[C@H](N)Cc1c[nH]c2ccccc12. The van der Waals surface area contributed by atoms with Gasteiger partial charge in [-0.15, -0.1) is 6.42 Å². The van der Waals surface area contributed by atoms with Gasteiger partial charge in [0, 0.05) is 23.6 Å². The monoisotopic (exact) mass is 269 g/mol. The molecule has 2 aromatic rings. The molecular formula is C16H19N3O. The van der Waals surface area contributed by atoms with Crippen molar-refractivity contribution in [1.82, 2.24) is 9.88 Å². The zero-order chi connectivity index (χ0) is 14.5. The summed E-state index contributed by atoms with van der Waals surface area (Å²) in [5.41, 5.74) is 8.14. The van der Waals surface area contributed by atoms with Crippen LogP contribution in [-0.2, 0) is 11.2 Å². The van der Waals surface area contributed by atoms with E-state index in [2.05, 4.69) is 10.9 Å². The van der Waals surface area contributed by atoms with Gasteiger partial charge < -0.3 is 15.6 Å². The van der Waals surface area contributed by atoms with E-state index in [9.17, 15) is 4.79 Å². The van der Waals surface area contributed by atoms with Crippen molar-refractivity contribution in [3.63, 3.8) is 0 Å². The molecule has 0 radical (unpaired) electrons. The number of nitrogens with two attached hydrogens (primary N) is 1. The number of benzene rings is 1. The number of aromatic amines is 1. The van der Waals surface area contributed by atoms with Crippen LogP contribution in [0.2, 0.25) is 0 Å². The Morgan fingerprint density at radius 1 is 1.50 bits per heavy atom. The maximum Gasteiger partial charge on any atom is 0.240 e. The number of rotatable bonds is 5. The average molecular weight is 269 g/mol. The molecule has 0 aliphatic heterocycles. The van der Waals surface area contributed by atoms with Crippen LogP contribution in [0.1, 0.15) is 12.5 Å². The molecule has 3 N–H and O–H groups in total. The lowest BCUT2D eigenvalue weighted by Gasteiger charge is -2.22.